The molecule has 0 heterocycles. The zero-order valence-corrected chi connectivity index (χ0v) is 11.4. The van der Waals surface area contributed by atoms with Crippen molar-refractivity contribution in [1.82, 2.24) is 0 Å². The third kappa shape index (κ3) is 4.84. The smallest absolute Gasteiger partial charge is 0.103 e. The van der Waals surface area contributed by atoms with Crippen LogP contribution in [0.25, 0.3) is 0 Å². The van der Waals surface area contributed by atoms with E-state index in [4.69, 9.17) is 22.7 Å². The Morgan fingerprint density at radius 3 is 2.29 bits per heavy atom. The van der Waals surface area contributed by atoms with E-state index in [1.54, 1.807) is 0 Å². The lowest BCUT2D eigenvalue weighted by Crippen LogP contribution is -2.09. The van der Waals surface area contributed by atoms with E-state index in [-0.39, 0.29) is 0 Å². The first kappa shape index (κ1) is 14.1. The Kier molecular flexibility index (Phi) is 6.16. The van der Waals surface area contributed by atoms with Crippen molar-refractivity contribution >= 4 is 17.2 Å². The standard InChI is InChI=1S/C14H21NOS/c1-3-11(4-2)9-16-10-12-5-7-13(8-6-12)14(15)17/h5-8,11H,3-4,9-10H2,1-2H3,(H2,15,17). The average Bonchev–Trinajstić information content (AvgIpc) is 2.35. The third-order valence-electron chi connectivity index (χ3n) is 3.02. The monoisotopic (exact) mass is 251 g/mol. The van der Waals surface area contributed by atoms with Crippen LogP contribution in [0, 0.1) is 5.92 Å². The molecule has 1 rings (SSSR count). The maximum atomic E-state index is 5.70. The summed E-state index contributed by atoms with van der Waals surface area (Å²) in [6, 6.07) is 7.92. The zero-order chi connectivity index (χ0) is 12.7. The van der Waals surface area contributed by atoms with Crippen molar-refractivity contribution in [2.24, 2.45) is 11.7 Å². The van der Waals surface area contributed by atoms with E-state index in [9.17, 15) is 0 Å². The fourth-order valence-corrected chi connectivity index (χ4v) is 1.77. The van der Waals surface area contributed by atoms with Crippen molar-refractivity contribution in [3.63, 3.8) is 0 Å². The lowest BCUT2D eigenvalue weighted by atomic mass is 10.1. The van der Waals surface area contributed by atoms with Gasteiger partial charge in [0.1, 0.15) is 4.99 Å². The summed E-state index contributed by atoms with van der Waals surface area (Å²) in [6.45, 7) is 5.90. The van der Waals surface area contributed by atoms with E-state index in [1.165, 1.54) is 12.8 Å². The molecular weight excluding hydrogens is 230 g/mol. The molecule has 94 valence electrons. The quantitative estimate of drug-likeness (QED) is 0.755. The molecule has 0 aliphatic carbocycles. The van der Waals surface area contributed by atoms with Crippen LogP contribution in [0.4, 0.5) is 0 Å². The van der Waals surface area contributed by atoms with Crippen molar-refractivity contribution in [1.29, 1.82) is 0 Å². The molecule has 0 radical (unpaired) electrons. The molecule has 0 amide bonds. The molecule has 17 heavy (non-hydrogen) atoms. The Morgan fingerprint density at radius 1 is 1.24 bits per heavy atom. The summed E-state index contributed by atoms with van der Waals surface area (Å²) in [5.41, 5.74) is 7.61. The summed E-state index contributed by atoms with van der Waals surface area (Å²) >= 11 is 4.90. The highest BCUT2D eigenvalue weighted by Gasteiger charge is 2.03. The number of thiocarbonyl (C=S) groups is 1. The summed E-state index contributed by atoms with van der Waals surface area (Å²) in [5, 5.41) is 0. The predicted octanol–water partition coefficient (Wildman–Crippen LogP) is 3.27. The molecule has 0 saturated carbocycles. The zero-order valence-electron chi connectivity index (χ0n) is 10.6. The van der Waals surface area contributed by atoms with Crippen LogP contribution in [0.2, 0.25) is 0 Å². The van der Waals surface area contributed by atoms with Crippen molar-refractivity contribution in [3.8, 4) is 0 Å². The molecule has 0 bridgehead atoms. The van der Waals surface area contributed by atoms with Gasteiger partial charge in [-0.05, 0) is 11.5 Å². The second kappa shape index (κ2) is 7.41. The van der Waals surface area contributed by atoms with E-state index in [1.807, 2.05) is 24.3 Å². The van der Waals surface area contributed by atoms with Crippen LogP contribution in [0.5, 0.6) is 0 Å². The Hall–Kier alpha value is -0.930. The van der Waals surface area contributed by atoms with Gasteiger partial charge in [-0.15, -0.1) is 0 Å². The van der Waals surface area contributed by atoms with Crippen LogP contribution >= 0.6 is 12.2 Å². The van der Waals surface area contributed by atoms with Gasteiger partial charge in [-0.2, -0.15) is 0 Å². The maximum absolute atomic E-state index is 5.70. The summed E-state index contributed by atoms with van der Waals surface area (Å²) in [5.74, 6) is 0.672. The summed E-state index contributed by atoms with van der Waals surface area (Å²) in [7, 11) is 0. The largest absolute Gasteiger partial charge is 0.389 e. The molecule has 0 aromatic heterocycles. The van der Waals surface area contributed by atoms with Gasteiger partial charge in [-0.1, -0.05) is 63.2 Å². The first-order chi connectivity index (χ1) is 8.17. The number of rotatable bonds is 7. The molecule has 0 fully saturated rings. The van der Waals surface area contributed by atoms with E-state index >= 15 is 0 Å². The lowest BCUT2D eigenvalue weighted by molar-refractivity contribution is 0.0843. The topological polar surface area (TPSA) is 35.2 Å². The van der Waals surface area contributed by atoms with Gasteiger partial charge in [0.25, 0.3) is 0 Å². The van der Waals surface area contributed by atoms with Crippen LogP contribution in [0.1, 0.15) is 37.8 Å². The molecule has 1 aromatic rings. The van der Waals surface area contributed by atoms with Crippen molar-refractivity contribution in [3.05, 3.63) is 35.4 Å². The molecule has 2 nitrogen and oxygen atoms in total. The molecule has 0 spiro atoms. The predicted molar refractivity (Wildman–Crippen MR) is 76.1 cm³/mol. The van der Waals surface area contributed by atoms with Crippen molar-refractivity contribution < 1.29 is 4.74 Å². The Bertz CT molecular complexity index is 344. The fraction of sp³-hybridized carbons (Fsp3) is 0.500. The molecular formula is C14H21NOS. The molecule has 0 unspecified atom stereocenters. The number of hydrogen-bond acceptors (Lipinski definition) is 2. The first-order valence-corrected chi connectivity index (χ1v) is 6.54. The van der Waals surface area contributed by atoms with Crippen molar-refractivity contribution in [2.75, 3.05) is 6.61 Å². The molecule has 0 aliphatic heterocycles. The Labute approximate surface area is 109 Å². The number of hydrogen-bond donors (Lipinski definition) is 1. The Morgan fingerprint density at radius 2 is 1.82 bits per heavy atom. The van der Waals surface area contributed by atoms with E-state index < -0.39 is 0 Å². The highest BCUT2D eigenvalue weighted by Crippen LogP contribution is 2.10. The number of benzene rings is 1. The minimum Gasteiger partial charge on any atom is -0.389 e. The van der Waals surface area contributed by atoms with Gasteiger partial charge in [0, 0.05) is 12.2 Å². The molecule has 0 atom stereocenters. The highest BCUT2D eigenvalue weighted by atomic mass is 32.1. The molecule has 0 aliphatic rings. The lowest BCUT2D eigenvalue weighted by Gasteiger charge is -2.12. The molecule has 2 N–H and O–H groups in total. The van der Waals surface area contributed by atoms with E-state index in [0.29, 0.717) is 17.5 Å². The van der Waals surface area contributed by atoms with Gasteiger partial charge >= 0.3 is 0 Å². The van der Waals surface area contributed by atoms with Gasteiger partial charge < -0.3 is 10.5 Å². The summed E-state index contributed by atoms with van der Waals surface area (Å²) < 4.78 is 5.70. The molecule has 3 heteroatoms. The van der Waals surface area contributed by atoms with Crippen LogP contribution in [0.15, 0.2) is 24.3 Å². The third-order valence-corrected chi connectivity index (χ3v) is 3.25. The summed E-state index contributed by atoms with van der Waals surface area (Å²) in [6.07, 6.45) is 2.35. The minimum atomic E-state index is 0.439. The fourth-order valence-electron chi connectivity index (χ4n) is 1.63. The molecule has 1 aromatic carbocycles. The highest BCUT2D eigenvalue weighted by molar-refractivity contribution is 7.80. The second-order valence-electron chi connectivity index (χ2n) is 4.26. The van der Waals surface area contributed by atoms with Gasteiger partial charge in [-0.3, -0.25) is 0 Å². The van der Waals surface area contributed by atoms with Crippen LogP contribution < -0.4 is 5.73 Å². The maximum Gasteiger partial charge on any atom is 0.103 e. The SMILES string of the molecule is CCC(CC)COCc1ccc(C(N)=S)cc1. The van der Waals surface area contributed by atoms with Gasteiger partial charge in [0.05, 0.1) is 6.61 Å². The van der Waals surface area contributed by atoms with Crippen LogP contribution in [0.3, 0.4) is 0 Å². The Balaban J connectivity index is 2.39. The number of ether oxygens (including phenoxy) is 1. The second-order valence-corrected chi connectivity index (χ2v) is 4.70. The van der Waals surface area contributed by atoms with Crippen LogP contribution in [-0.4, -0.2) is 11.6 Å². The number of nitrogens with two attached hydrogens (primary N) is 1. The van der Waals surface area contributed by atoms with E-state index in [2.05, 4.69) is 13.8 Å². The first-order valence-electron chi connectivity index (χ1n) is 6.13. The normalized spacial score (nSPS) is 10.8. The molecule has 0 saturated heterocycles. The van der Waals surface area contributed by atoms with Gasteiger partial charge in [0.15, 0.2) is 0 Å². The van der Waals surface area contributed by atoms with E-state index in [0.717, 1.165) is 17.7 Å². The van der Waals surface area contributed by atoms with Crippen molar-refractivity contribution in [2.45, 2.75) is 33.3 Å². The van der Waals surface area contributed by atoms with Crippen LogP contribution in [-0.2, 0) is 11.3 Å². The van der Waals surface area contributed by atoms with Gasteiger partial charge in [0.2, 0.25) is 0 Å². The van der Waals surface area contributed by atoms with Gasteiger partial charge in [-0.25, -0.2) is 0 Å². The summed E-state index contributed by atoms with van der Waals surface area (Å²) in [4.78, 5) is 0.439. The minimum absolute atomic E-state index is 0.439. The average molecular weight is 251 g/mol.